The van der Waals surface area contributed by atoms with Gasteiger partial charge in [-0.25, -0.2) is 9.80 Å². The second kappa shape index (κ2) is 7.99. The second-order valence-electron chi connectivity index (χ2n) is 6.41. The summed E-state index contributed by atoms with van der Waals surface area (Å²) in [5.41, 5.74) is 2.59. The van der Waals surface area contributed by atoms with Crippen molar-refractivity contribution < 1.29 is 9.59 Å². The zero-order valence-corrected chi connectivity index (χ0v) is 13.0. The zero-order valence-electron chi connectivity index (χ0n) is 13.0. The van der Waals surface area contributed by atoms with Gasteiger partial charge in [-0.2, -0.15) is 0 Å². The van der Waals surface area contributed by atoms with Crippen LogP contribution in [-0.2, 0) is 4.79 Å². The molecular formula is C13H28N4O2. The van der Waals surface area contributed by atoms with Crippen LogP contribution < -0.4 is 16.1 Å². The van der Waals surface area contributed by atoms with E-state index in [-0.39, 0.29) is 24.0 Å². The minimum Gasteiger partial charge on any atom is -0.342 e. The van der Waals surface area contributed by atoms with E-state index < -0.39 is 0 Å². The SMILES string of the molecule is CC(C)CNC(=O)NN(C)CNC(=O)CC(C)(C)C. The molecule has 0 atom stereocenters. The highest BCUT2D eigenvalue weighted by molar-refractivity contribution is 5.76. The maximum absolute atomic E-state index is 11.6. The van der Waals surface area contributed by atoms with E-state index in [4.69, 9.17) is 0 Å². The summed E-state index contributed by atoms with van der Waals surface area (Å²) in [6.45, 7) is 11.0. The van der Waals surface area contributed by atoms with Crippen molar-refractivity contribution in [3.05, 3.63) is 0 Å². The van der Waals surface area contributed by atoms with Crippen LogP contribution in [0.3, 0.4) is 0 Å². The fourth-order valence-electron chi connectivity index (χ4n) is 1.30. The Morgan fingerprint density at radius 1 is 1.16 bits per heavy atom. The van der Waals surface area contributed by atoms with E-state index in [1.165, 1.54) is 5.01 Å². The Hall–Kier alpha value is -1.30. The molecule has 0 aromatic rings. The van der Waals surface area contributed by atoms with Gasteiger partial charge in [0.2, 0.25) is 5.91 Å². The number of nitrogens with zero attached hydrogens (tertiary/aromatic N) is 1. The monoisotopic (exact) mass is 272 g/mol. The second-order valence-corrected chi connectivity index (χ2v) is 6.41. The number of rotatable bonds is 6. The Morgan fingerprint density at radius 2 is 1.74 bits per heavy atom. The van der Waals surface area contributed by atoms with Crippen molar-refractivity contribution in [3.8, 4) is 0 Å². The normalized spacial score (nSPS) is 11.6. The molecule has 0 aliphatic rings. The molecule has 0 aromatic carbocycles. The Bertz CT molecular complexity index is 298. The molecule has 6 heteroatoms. The van der Waals surface area contributed by atoms with E-state index in [2.05, 4.69) is 16.1 Å². The molecule has 0 rings (SSSR count). The number of hydrazine groups is 1. The van der Waals surface area contributed by atoms with E-state index in [9.17, 15) is 9.59 Å². The van der Waals surface area contributed by atoms with E-state index >= 15 is 0 Å². The smallest absolute Gasteiger partial charge is 0.329 e. The van der Waals surface area contributed by atoms with Crippen LogP contribution in [-0.4, -0.2) is 37.2 Å². The molecule has 0 bridgehead atoms. The van der Waals surface area contributed by atoms with Crippen LogP contribution in [0.2, 0.25) is 0 Å². The number of nitrogens with one attached hydrogen (secondary N) is 3. The molecule has 3 amide bonds. The van der Waals surface area contributed by atoms with Gasteiger partial charge in [-0.3, -0.25) is 10.2 Å². The lowest BCUT2D eigenvalue weighted by Crippen LogP contribution is -2.50. The summed E-state index contributed by atoms with van der Waals surface area (Å²) < 4.78 is 0. The molecule has 0 saturated heterocycles. The molecule has 0 radical (unpaired) electrons. The van der Waals surface area contributed by atoms with E-state index in [0.717, 1.165) is 0 Å². The van der Waals surface area contributed by atoms with Crippen LogP contribution in [0, 0.1) is 11.3 Å². The summed E-state index contributed by atoms with van der Waals surface area (Å²) in [5, 5.41) is 7.03. The first-order chi connectivity index (χ1) is 8.60. The summed E-state index contributed by atoms with van der Waals surface area (Å²) in [7, 11) is 1.70. The third-order valence-corrected chi connectivity index (χ3v) is 2.17. The number of amides is 3. The van der Waals surface area contributed by atoms with Gasteiger partial charge in [0.25, 0.3) is 0 Å². The first-order valence-electron chi connectivity index (χ1n) is 6.62. The molecule has 6 nitrogen and oxygen atoms in total. The Balaban J connectivity index is 3.83. The molecule has 0 aliphatic heterocycles. The minimum atomic E-state index is -0.263. The predicted octanol–water partition coefficient (Wildman–Crippen LogP) is 1.30. The predicted molar refractivity (Wildman–Crippen MR) is 76.2 cm³/mol. The average Bonchev–Trinajstić information content (AvgIpc) is 2.21. The quantitative estimate of drug-likeness (QED) is 0.504. The van der Waals surface area contributed by atoms with Crippen molar-refractivity contribution in [3.63, 3.8) is 0 Å². The minimum absolute atomic E-state index is 0.0243. The number of carbonyl (C=O) groups excluding carboxylic acids is 2. The van der Waals surface area contributed by atoms with Gasteiger partial charge in [0.1, 0.15) is 0 Å². The van der Waals surface area contributed by atoms with Crippen LogP contribution in [0.25, 0.3) is 0 Å². The van der Waals surface area contributed by atoms with Crippen LogP contribution in [0.15, 0.2) is 0 Å². The summed E-state index contributed by atoms with van der Waals surface area (Å²) in [6, 6.07) is -0.263. The van der Waals surface area contributed by atoms with Gasteiger partial charge in [-0.15, -0.1) is 0 Å². The number of hydrogen-bond donors (Lipinski definition) is 3. The summed E-state index contributed by atoms with van der Waals surface area (Å²) in [4.78, 5) is 23.1. The van der Waals surface area contributed by atoms with Crippen LogP contribution in [0.1, 0.15) is 41.0 Å². The number of urea groups is 1. The lowest BCUT2D eigenvalue weighted by molar-refractivity contribution is -0.123. The molecule has 3 N–H and O–H groups in total. The fraction of sp³-hybridized carbons (Fsp3) is 0.846. The average molecular weight is 272 g/mol. The molecule has 0 unspecified atom stereocenters. The molecule has 112 valence electrons. The van der Waals surface area contributed by atoms with Crippen molar-refractivity contribution >= 4 is 11.9 Å². The van der Waals surface area contributed by atoms with Crippen molar-refractivity contribution in [2.24, 2.45) is 11.3 Å². The number of carbonyl (C=O) groups is 2. The van der Waals surface area contributed by atoms with Gasteiger partial charge >= 0.3 is 6.03 Å². The zero-order chi connectivity index (χ0) is 15.1. The van der Waals surface area contributed by atoms with E-state index in [0.29, 0.717) is 18.9 Å². The maximum atomic E-state index is 11.6. The molecule has 0 heterocycles. The van der Waals surface area contributed by atoms with Crippen LogP contribution in [0.5, 0.6) is 0 Å². The third kappa shape index (κ3) is 11.5. The highest BCUT2D eigenvalue weighted by Gasteiger charge is 2.16. The molecule has 0 spiro atoms. The molecule has 0 saturated carbocycles. The topological polar surface area (TPSA) is 73.5 Å². The maximum Gasteiger partial charge on any atom is 0.329 e. The van der Waals surface area contributed by atoms with Gasteiger partial charge < -0.3 is 10.6 Å². The van der Waals surface area contributed by atoms with Crippen molar-refractivity contribution in [2.75, 3.05) is 20.3 Å². The molecule has 0 aromatic heterocycles. The lowest BCUT2D eigenvalue weighted by atomic mass is 9.92. The van der Waals surface area contributed by atoms with E-state index in [1.54, 1.807) is 7.05 Å². The van der Waals surface area contributed by atoms with Gasteiger partial charge in [0.05, 0.1) is 6.67 Å². The molecular weight excluding hydrogens is 244 g/mol. The molecule has 0 aliphatic carbocycles. The van der Waals surface area contributed by atoms with Crippen LogP contribution in [0.4, 0.5) is 4.79 Å². The summed E-state index contributed by atoms with van der Waals surface area (Å²) >= 11 is 0. The van der Waals surface area contributed by atoms with E-state index in [1.807, 2.05) is 34.6 Å². The summed E-state index contributed by atoms with van der Waals surface area (Å²) in [5.74, 6) is 0.381. The first kappa shape index (κ1) is 17.7. The number of hydrogen-bond acceptors (Lipinski definition) is 3. The highest BCUT2D eigenvalue weighted by atomic mass is 16.2. The van der Waals surface area contributed by atoms with Crippen molar-refractivity contribution in [1.29, 1.82) is 0 Å². The van der Waals surface area contributed by atoms with Crippen LogP contribution >= 0.6 is 0 Å². The van der Waals surface area contributed by atoms with Gasteiger partial charge in [0, 0.05) is 20.0 Å². The first-order valence-corrected chi connectivity index (χ1v) is 6.62. The fourth-order valence-corrected chi connectivity index (χ4v) is 1.30. The standard InChI is InChI=1S/C13H28N4O2/c1-10(2)8-14-12(19)16-17(6)9-15-11(18)7-13(3,4)5/h10H,7-9H2,1-6H3,(H,15,18)(H2,14,16,19). The largest absolute Gasteiger partial charge is 0.342 e. The van der Waals surface area contributed by atoms with Gasteiger partial charge in [0.15, 0.2) is 0 Å². The molecule has 19 heavy (non-hydrogen) atoms. The van der Waals surface area contributed by atoms with Crippen molar-refractivity contribution in [1.82, 2.24) is 21.1 Å². The van der Waals surface area contributed by atoms with Gasteiger partial charge in [-0.1, -0.05) is 34.6 Å². The Kier molecular flexibility index (Phi) is 7.44. The van der Waals surface area contributed by atoms with Crippen molar-refractivity contribution in [2.45, 2.75) is 41.0 Å². The van der Waals surface area contributed by atoms with Gasteiger partial charge in [-0.05, 0) is 11.3 Å². The lowest BCUT2D eigenvalue weighted by Gasteiger charge is -2.21. The highest BCUT2D eigenvalue weighted by Crippen LogP contribution is 2.17. The Morgan fingerprint density at radius 3 is 2.21 bits per heavy atom. The summed E-state index contributed by atoms with van der Waals surface area (Å²) in [6.07, 6.45) is 0.459. The molecule has 0 fully saturated rings. The third-order valence-electron chi connectivity index (χ3n) is 2.17. The Labute approximate surface area is 116 Å².